The molecule has 0 spiro atoms. The molecule has 1 aromatic rings. The third kappa shape index (κ3) is 12.3. The first-order chi connectivity index (χ1) is 9.97. The summed E-state index contributed by atoms with van der Waals surface area (Å²) in [5.74, 6) is 0. The number of carbonyl (C=O) groups is 1. The summed E-state index contributed by atoms with van der Waals surface area (Å²) < 4.78 is 21.9. The van der Waals surface area contributed by atoms with E-state index in [4.69, 9.17) is 9.79 Å². The molecule has 2 unspecified atom stereocenters. The van der Waals surface area contributed by atoms with Gasteiger partial charge in [0, 0.05) is 48.2 Å². The molecule has 157 valence electrons. The van der Waals surface area contributed by atoms with E-state index in [9.17, 15) is 28.8 Å². The Morgan fingerprint density at radius 2 is 1.39 bits per heavy atom. The summed E-state index contributed by atoms with van der Waals surface area (Å²) in [5.41, 5.74) is 0.420. The molecule has 0 fully saturated rings. The molecule has 0 aliphatic heterocycles. The van der Waals surface area contributed by atoms with Crippen LogP contribution in [0.15, 0.2) is 30.3 Å². The first kappa shape index (κ1) is 42.6. The number of anilines is 1. The van der Waals surface area contributed by atoms with Crippen LogP contribution in [0.1, 0.15) is 6.42 Å². The average molecular weight is 470 g/mol. The molecule has 0 aromatic heterocycles. The van der Waals surface area contributed by atoms with E-state index >= 15 is 0 Å². The third-order valence-electron chi connectivity index (χ3n) is 2.68. The second kappa shape index (κ2) is 17.3. The van der Waals surface area contributed by atoms with Gasteiger partial charge in [-0.1, -0.05) is 18.2 Å². The zero-order valence-electron chi connectivity index (χ0n) is 15.1. The van der Waals surface area contributed by atoms with Crippen LogP contribution in [0.4, 0.5) is 10.5 Å². The molecule has 2 atom stereocenters. The van der Waals surface area contributed by atoms with Crippen molar-refractivity contribution in [1.29, 1.82) is 0 Å². The van der Waals surface area contributed by atoms with Crippen molar-refractivity contribution in [1.82, 2.24) is 5.32 Å². The summed E-state index contributed by atoms with van der Waals surface area (Å²) in [6.07, 6.45) is -1.15. The number of aliphatic hydroxyl groups is 1. The minimum atomic E-state index is -5.83. The van der Waals surface area contributed by atoms with Gasteiger partial charge in [0.2, 0.25) is 0 Å². The van der Waals surface area contributed by atoms with E-state index in [2.05, 4.69) is 10.6 Å². The monoisotopic (exact) mass is 470 g/mol. The number of carbonyl (C=O) groups excluding carboxylic acids is 1. The molecule has 18 heteroatoms. The number of urea groups is 1. The first-order valence-corrected chi connectivity index (χ1v) is 9.03. The molecule has 0 aliphatic carbocycles. The van der Waals surface area contributed by atoms with Crippen LogP contribution < -0.4 is 50.0 Å². The van der Waals surface area contributed by atoms with Gasteiger partial charge in [0.15, 0.2) is 20.3 Å². The van der Waals surface area contributed by atoms with Gasteiger partial charge in [-0.15, -0.1) is 0 Å². The van der Waals surface area contributed by atoms with Crippen molar-refractivity contribution in [3.05, 3.63) is 30.3 Å². The molecule has 0 bridgehead atoms. The third-order valence-corrected chi connectivity index (χ3v) is 6.46. The van der Waals surface area contributed by atoms with Crippen LogP contribution in [0.3, 0.4) is 0 Å². The summed E-state index contributed by atoms with van der Waals surface area (Å²) in [6, 6.07) is 7.33. The quantitative estimate of drug-likeness (QED) is 0.196. The normalized spacial score (nSPS) is 15.2. The van der Waals surface area contributed by atoms with E-state index in [1.807, 2.05) is 0 Å². The molecule has 1 radical (unpaired) electrons. The van der Waals surface area contributed by atoms with Gasteiger partial charge in [-0.2, -0.15) is 0 Å². The van der Waals surface area contributed by atoms with Crippen LogP contribution in [0.2, 0.25) is 0 Å². The fourth-order valence-electron chi connectivity index (χ4n) is 1.48. The summed E-state index contributed by atoms with van der Waals surface area (Å²) in [7, 11) is -11.7. The number of benzene rings is 1. The van der Waals surface area contributed by atoms with Gasteiger partial charge in [-0.3, -0.25) is 0 Å². The van der Waals surface area contributed by atoms with E-state index in [0.29, 0.717) is 5.69 Å². The maximum Gasteiger partial charge on any atom is 1.00 e. The Labute approximate surface area is 204 Å². The first-order valence-electron chi connectivity index (χ1n) is 5.87. The number of amides is 2. The van der Waals surface area contributed by atoms with Gasteiger partial charge in [-0.25, -0.2) is 4.79 Å². The molecular weight excluding hydrogens is 448 g/mol. The van der Waals surface area contributed by atoms with Crippen LogP contribution in [-0.2, 0) is 9.13 Å². The minimum absolute atomic E-state index is 0. The predicted octanol–water partition coefficient (Wildman–Crippen LogP) is -7.74. The molecule has 0 aliphatic rings. The van der Waals surface area contributed by atoms with Crippen molar-refractivity contribution in [2.45, 2.75) is 11.5 Å². The second-order valence-electron chi connectivity index (χ2n) is 4.31. The molecule has 2 amide bonds. The van der Waals surface area contributed by atoms with Gasteiger partial charge in [-0.05, 0) is 12.1 Å². The van der Waals surface area contributed by atoms with Crippen LogP contribution in [0.25, 0.3) is 0 Å². The van der Waals surface area contributed by atoms with Crippen molar-refractivity contribution in [2.75, 3.05) is 11.9 Å². The predicted molar refractivity (Wildman–Crippen MR) is 92.9 cm³/mol. The Balaban J connectivity index is -0.000000202. The molecule has 1 rings (SSSR count). The van der Waals surface area contributed by atoms with Crippen molar-refractivity contribution >= 4 is 56.5 Å². The zero-order valence-corrected chi connectivity index (χ0v) is 20.9. The van der Waals surface area contributed by atoms with Crippen molar-refractivity contribution in [3.8, 4) is 0 Å². The summed E-state index contributed by atoms with van der Waals surface area (Å²) in [4.78, 5) is 50.9. The number of hydrogen-bond donors (Lipinski definition) is 5. The van der Waals surface area contributed by atoms with Gasteiger partial charge in [0.25, 0.3) is 0 Å². The largest absolute Gasteiger partial charge is 1.00 e. The number of hydrogen-bond acceptors (Lipinski definition) is 6. The summed E-state index contributed by atoms with van der Waals surface area (Å²) in [5, 5.41) is 10.1. The Hall–Kier alpha value is 0.590. The topological polar surface area (TPSA) is 308 Å². The van der Waals surface area contributed by atoms with Gasteiger partial charge in [0.1, 0.15) is 0 Å². The van der Waals surface area contributed by atoms with Crippen molar-refractivity contribution < 1.29 is 90.1 Å². The molecule has 28 heavy (non-hydrogen) atoms. The van der Waals surface area contributed by atoms with Crippen LogP contribution >= 0.6 is 15.2 Å². The molecule has 14 nitrogen and oxygen atoms in total. The molecular formula is C10H22N2Na2O12P2-. The maximum atomic E-state index is 11.5. The van der Waals surface area contributed by atoms with Crippen molar-refractivity contribution in [3.63, 3.8) is 0 Å². The van der Waals surface area contributed by atoms with E-state index < -0.39 is 39.3 Å². The maximum absolute atomic E-state index is 11.5. The van der Waals surface area contributed by atoms with E-state index in [-0.39, 0.29) is 81.0 Å². The number of nitrogens with one attached hydrogen (secondary N) is 2. The molecule has 13 N–H and O–H groups in total. The Kier molecular flexibility index (Phi) is 26.3. The fourth-order valence-corrected chi connectivity index (χ4v) is 3.55. The summed E-state index contributed by atoms with van der Waals surface area (Å²) in [6.45, 7) is -0.644. The van der Waals surface area contributed by atoms with E-state index in [1.165, 1.54) is 0 Å². The Morgan fingerprint density at radius 3 is 1.75 bits per heavy atom. The average Bonchev–Trinajstić information content (AvgIpc) is 2.37. The Bertz CT molecular complexity index is 604. The molecule has 0 heterocycles. The smallest absolute Gasteiger partial charge is 0.776 e. The van der Waals surface area contributed by atoms with Crippen LogP contribution in [-0.4, -0.2) is 84.0 Å². The molecule has 0 saturated heterocycles. The van der Waals surface area contributed by atoms with Gasteiger partial charge >= 0.3 is 35.6 Å². The van der Waals surface area contributed by atoms with Crippen molar-refractivity contribution in [2.24, 2.45) is 0 Å². The summed E-state index contributed by atoms with van der Waals surface area (Å²) >= 11 is 0. The van der Waals surface area contributed by atoms with E-state index in [0.717, 1.165) is 0 Å². The van der Waals surface area contributed by atoms with E-state index in [1.54, 1.807) is 30.3 Å². The van der Waals surface area contributed by atoms with Gasteiger partial charge < -0.3 is 66.3 Å². The van der Waals surface area contributed by atoms with Gasteiger partial charge in [0.05, 0.1) is 0 Å². The van der Waals surface area contributed by atoms with Crippen LogP contribution in [0.5, 0.6) is 0 Å². The Morgan fingerprint density at radius 1 is 1.00 bits per heavy atom. The SMILES string of the molecule is O.O.O.O.O=C(NCCC(O)(P(=O)([O-])O)P(=O)([O-])O)Nc1ccccc1.[Na+].[Na]. The second-order valence-corrected chi connectivity index (χ2v) is 8.23. The molecule has 0 saturated carbocycles. The standard InChI is InChI=1S/C10H16N2O8P2.2Na.4H2O/c13-9(12-8-4-2-1-3-5-8)11-7-6-10(14,21(15,16)17)22(18,19)20;;;;;;/h1-5,14H,6-7H2,(H2,11,12,13)(H2,15,16,17)(H2,18,19,20);;;4*1H2/q;;+1;;;;/p-2. The van der Waals surface area contributed by atoms with Crippen LogP contribution in [0, 0.1) is 0 Å². The fraction of sp³-hybridized carbons (Fsp3) is 0.300. The minimum Gasteiger partial charge on any atom is -0.776 e. The molecule has 1 aromatic carbocycles. The number of rotatable bonds is 6. The number of para-hydroxylation sites is 1. The zero-order chi connectivity index (χ0) is 17.0.